The number of hydrogen-bond acceptors (Lipinski definition) is 2. The van der Waals surface area contributed by atoms with Crippen LogP contribution in [0, 0.1) is 17.2 Å². The second-order valence-corrected chi connectivity index (χ2v) is 5.67. The van der Waals surface area contributed by atoms with Crippen molar-refractivity contribution in [3.05, 3.63) is 28.2 Å². The summed E-state index contributed by atoms with van der Waals surface area (Å²) in [6.45, 7) is 1.14. The number of fused-ring (bicyclic) bond motifs is 2. The molecule has 0 N–H and O–H groups in total. The van der Waals surface area contributed by atoms with Crippen molar-refractivity contribution in [2.75, 3.05) is 11.4 Å². The maximum absolute atomic E-state index is 9.18. The Morgan fingerprint density at radius 3 is 2.88 bits per heavy atom. The Bertz CT molecular complexity index is 463. The Balaban J connectivity index is 1.98. The summed E-state index contributed by atoms with van der Waals surface area (Å²) in [5.74, 6) is 0.861. The smallest absolute Gasteiger partial charge is 0.101 e. The summed E-state index contributed by atoms with van der Waals surface area (Å²) >= 11 is 3.42. The molecule has 2 aliphatic rings. The molecule has 2 nitrogen and oxygen atoms in total. The standard InChI is InChI=1S/C13H13BrN2/c14-11-2-4-13(10(6-11)7-15)16-8-9-1-3-12(16)5-9/h2,4,6,9,12H,1,3,5,8H2. The van der Waals surface area contributed by atoms with Gasteiger partial charge in [0.1, 0.15) is 6.07 Å². The van der Waals surface area contributed by atoms with Crippen molar-refractivity contribution >= 4 is 21.6 Å². The number of nitriles is 1. The molecular weight excluding hydrogens is 264 g/mol. The molecule has 82 valence electrons. The number of anilines is 1. The van der Waals surface area contributed by atoms with Crippen molar-refractivity contribution in [1.82, 2.24) is 0 Å². The highest BCUT2D eigenvalue weighted by Gasteiger charge is 2.38. The minimum Gasteiger partial charge on any atom is -0.367 e. The molecule has 3 heteroatoms. The zero-order valence-corrected chi connectivity index (χ0v) is 10.6. The van der Waals surface area contributed by atoms with Crippen LogP contribution < -0.4 is 4.90 Å². The molecule has 2 bridgehead atoms. The molecule has 1 aromatic carbocycles. The van der Waals surface area contributed by atoms with Crippen LogP contribution in [0.15, 0.2) is 22.7 Å². The minimum absolute atomic E-state index is 0.679. The van der Waals surface area contributed by atoms with Crippen LogP contribution in [-0.4, -0.2) is 12.6 Å². The molecule has 0 amide bonds. The lowest BCUT2D eigenvalue weighted by molar-refractivity contribution is 0.553. The molecule has 0 aromatic heterocycles. The summed E-state index contributed by atoms with van der Waals surface area (Å²) in [7, 11) is 0. The third kappa shape index (κ3) is 1.53. The van der Waals surface area contributed by atoms with Gasteiger partial charge in [-0.3, -0.25) is 0 Å². The van der Waals surface area contributed by atoms with Gasteiger partial charge in [0, 0.05) is 17.1 Å². The van der Waals surface area contributed by atoms with Crippen LogP contribution in [0.25, 0.3) is 0 Å². The van der Waals surface area contributed by atoms with Gasteiger partial charge >= 0.3 is 0 Å². The molecule has 16 heavy (non-hydrogen) atoms. The van der Waals surface area contributed by atoms with Crippen molar-refractivity contribution < 1.29 is 0 Å². The van der Waals surface area contributed by atoms with Crippen molar-refractivity contribution in [2.45, 2.75) is 25.3 Å². The fraction of sp³-hybridized carbons (Fsp3) is 0.462. The first-order chi connectivity index (χ1) is 7.78. The number of nitrogens with zero attached hydrogens (tertiary/aromatic N) is 2. The van der Waals surface area contributed by atoms with E-state index in [-0.39, 0.29) is 0 Å². The van der Waals surface area contributed by atoms with Gasteiger partial charge < -0.3 is 4.90 Å². The van der Waals surface area contributed by atoms with Crippen LogP contribution in [0.4, 0.5) is 5.69 Å². The van der Waals surface area contributed by atoms with E-state index in [2.05, 4.69) is 33.0 Å². The first-order valence-corrected chi connectivity index (χ1v) is 6.53. The molecule has 1 aromatic rings. The van der Waals surface area contributed by atoms with Gasteiger partial charge in [-0.2, -0.15) is 5.26 Å². The van der Waals surface area contributed by atoms with Crippen LogP contribution in [0.5, 0.6) is 0 Å². The topological polar surface area (TPSA) is 27.0 Å². The lowest BCUT2D eigenvalue weighted by Gasteiger charge is -2.29. The summed E-state index contributed by atoms with van der Waals surface area (Å²) in [4.78, 5) is 2.43. The molecule has 1 heterocycles. The predicted octanol–water partition coefficient (Wildman–Crippen LogP) is 3.31. The Kier molecular flexibility index (Phi) is 2.40. The number of hydrogen-bond donors (Lipinski definition) is 0. The van der Waals surface area contributed by atoms with E-state index in [9.17, 15) is 5.26 Å². The quantitative estimate of drug-likeness (QED) is 0.787. The van der Waals surface area contributed by atoms with Gasteiger partial charge in [0.25, 0.3) is 0 Å². The Labute approximate surface area is 104 Å². The average Bonchev–Trinajstić information content (AvgIpc) is 2.90. The van der Waals surface area contributed by atoms with Gasteiger partial charge in [-0.15, -0.1) is 0 Å². The average molecular weight is 277 g/mol. The largest absolute Gasteiger partial charge is 0.367 e. The molecule has 0 radical (unpaired) electrons. The van der Waals surface area contributed by atoms with Gasteiger partial charge in [0.2, 0.25) is 0 Å². The van der Waals surface area contributed by atoms with Crippen LogP contribution in [-0.2, 0) is 0 Å². The van der Waals surface area contributed by atoms with E-state index in [0.29, 0.717) is 6.04 Å². The van der Waals surface area contributed by atoms with E-state index in [1.165, 1.54) is 19.3 Å². The number of rotatable bonds is 1. The molecule has 2 fully saturated rings. The first kappa shape index (κ1) is 10.2. The zero-order valence-electron chi connectivity index (χ0n) is 8.99. The lowest BCUT2D eigenvalue weighted by atomic mass is 10.1. The summed E-state index contributed by atoms with van der Waals surface area (Å²) in [6, 6.07) is 9.00. The van der Waals surface area contributed by atoms with Gasteiger partial charge in [-0.05, 0) is 43.4 Å². The fourth-order valence-electron chi connectivity index (χ4n) is 3.07. The van der Waals surface area contributed by atoms with E-state index in [1.54, 1.807) is 0 Å². The summed E-state index contributed by atoms with van der Waals surface area (Å²) in [5.41, 5.74) is 1.92. The van der Waals surface area contributed by atoms with Gasteiger partial charge in [-0.25, -0.2) is 0 Å². The van der Waals surface area contributed by atoms with Gasteiger partial charge in [0.05, 0.1) is 11.3 Å². The van der Waals surface area contributed by atoms with E-state index in [0.717, 1.165) is 28.2 Å². The van der Waals surface area contributed by atoms with Crippen molar-refractivity contribution in [3.8, 4) is 6.07 Å². The third-order valence-electron chi connectivity index (χ3n) is 3.80. The van der Waals surface area contributed by atoms with Crippen LogP contribution in [0.1, 0.15) is 24.8 Å². The summed E-state index contributed by atoms with van der Waals surface area (Å²) in [5, 5.41) is 9.18. The van der Waals surface area contributed by atoms with E-state index in [4.69, 9.17) is 0 Å². The summed E-state index contributed by atoms with van der Waals surface area (Å²) in [6.07, 6.45) is 3.99. The SMILES string of the molecule is N#Cc1cc(Br)ccc1N1CC2CCC1C2. The summed E-state index contributed by atoms with van der Waals surface area (Å²) < 4.78 is 0.983. The van der Waals surface area contributed by atoms with Crippen molar-refractivity contribution in [3.63, 3.8) is 0 Å². The lowest BCUT2D eigenvalue weighted by Crippen LogP contribution is -2.32. The van der Waals surface area contributed by atoms with E-state index in [1.807, 2.05) is 12.1 Å². The maximum atomic E-state index is 9.18. The second-order valence-electron chi connectivity index (χ2n) is 4.76. The second kappa shape index (κ2) is 3.78. The highest BCUT2D eigenvalue weighted by atomic mass is 79.9. The molecule has 1 saturated carbocycles. The molecule has 1 saturated heterocycles. The molecule has 0 spiro atoms. The fourth-order valence-corrected chi connectivity index (χ4v) is 3.43. The van der Waals surface area contributed by atoms with Gasteiger partial charge in [0.15, 0.2) is 0 Å². The van der Waals surface area contributed by atoms with Crippen molar-refractivity contribution in [2.24, 2.45) is 5.92 Å². The minimum atomic E-state index is 0.679. The normalized spacial score (nSPS) is 27.1. The first-order valence-electron chi connectivity index (χ1n) is 5.74. The Hall–Kier alpha value is -1.01. The predicted molar refractivity (Wildman–Crippen MR) is 67.3 cm³/mol. The highest BCUT2D eigenvalue weighted by Crippen LogP contribution is 2.41. The van der Waals surface area contributed by atoms with Crippen LogP contribution in [0.2, 0.25) is 0 Å². The molecular formula is C13H13BrN2. The Morgan fingerprint density at radius 2 is 2.25 bits per heavy atom. The van der Waals surface area contributed by atoms with Gasteiger partial charge in [-0.1, -0.05) is 15.9 Å². The third-order valence-corrected chi connectivity index (χ3v) is 4.29. The van der Waals surface area contributed by atoms with E-state index < -0.39 is 0 Å². The monoisotopic (exact) mass is 276 g/mol. The van der Waals surface area contributed by atoms with Crippen LogP contribution in [0.3, 0.4) is 0 Å². The molecule has 1 aliphatic carbocycles. The zero-order chi connectivity index (χ0) is 11.1. The van der Waals surface area contributed by atoms with Crippen molar-refractivity contribution in [1.29, 1.82) is 5.26 Å². The Morgan fingerprint density at radius 1 is 1.38 bits per heavy atom. The highest BCUT2D eigenvalue weighted by molar-refractivity contribution is 9.10. The van der Waals surface area contributed by atoms with E-state index >= 15 is 0 Å². The number of benzene rings is 1. The van der Waals surface area contributed by atoms with Crippen LogP contribution >= 0.6 is 15.9 Å². The molecule has 3 rings (SSSR count). The number of piperidine rings is 1. The molecule has 2 unspecified atom stereocenters. The molecule has 2 atom stereocenters. The molecule has 1 aliphatic heterocycles. The maximum Gasteiger partial charge on any atom is 0.101 e. The number of halogens is 1.